The van der Waals surface area contributed by atoms with E-state index in [2.05, 4.69) is 6.07 Å². The third-order valence-electron chi connectivity index (χ3n) is 1.61. The van der Waals surface area contributed by atoms with E-state index in [4.69, 9.17) is 28.5 Å². The van der Waals surface area contributed by atoms with Gasteiger partial charge < -0.3 is 0 Å². The molecule has 1 rings (SSSR count). The van der Waals surface area contributed by atoms with Crippen LogP contribution in [-0.4, -0.2) is 5.25 Å². The molecule has 0 aliphatic carbocycles. The number of rotatable bonds is 3. The van der Waals surface area contributed by atoms with E-state index in [0.717, 1.165) is 4.90 Å². The number of nitrogens with zero attached hydrogens (tertiary/aromatic N) is 1. The van der Waals surface area contributed by atoms with Crippen molar-refractivity contribution in [2.45, 2.75) is 23.5 Å². The molecule has 0 aliphatic heterocycles. The standard InChI is InChI=1S/C10H9Cl2NS/c1-7(4-5-13)14-8-2-3-9(11)10(12)6-8/h2-3,6-7H,4H2,1H3. The molecular weight excluding hydrogens is 237 g/mol. The van der Waals surface area contributed by atoms with Crippen molar-refractivity contribution in [3.63, 3.8) is 0 Å². The fraction of sp³-hybridized carbons (Fsp3) is 0.300. The first-order chi connectivity index (χ1) is 6.63. The second-order valence-electron chi connectivity index (χ2n) is 2.87. The largest absolute Gasteiger partial charge is 0.198 e. The first kappa shape index (κ1) is 11.7. The molecule has 1 atom stereocenters. The Bertz CT molecular complexity index is 360. The van der Waals surface area contributed by atoms with Gasteiger partial charge >= 0.3 is 0 Å². The van der Waals surface area contributed by atoms with E-state index in [0.29, 0.717) is 16.5 Å². The minimum Gasteiger partial charge on any atom is -0.198 e. The van der Waals surface area contributed by atoms with E-state index in [1.165, 1.54) is 0 Å². The van der Waals surface area contributed by atoms with Crippen LogP contribution in [-0.2, 0) is 0 Å². The molecule has 74 valence electrons. The number of hydrogen-bond acceptors (Lipinski definition) is 2. The Morgan fingerprint density at radius 2 is 2.14 bits per heavy atom. The van der Waals surface area contributed by atoms with Crippen molar-refractivity contribution in [3.8, 4) is 6.07 Å². The van der Waals surface area contributed by atoms with E-state index in [-0.39, 0.29) is 5.25 Å². The fourth-order valence-corrected chi connectivity index (χ4v) is 2.27. The highest BCUT2D eigenvalue weighted by atomic mass is 35.5. The molecule has 0 saturated heterocycles. The third-order valence-corrected chi connectivity index (χ3v) is 3.44. The zero-order valence-corrected chi connectivity index (χ0v) is 9.96. The van der Waals surface area contributed by atoms with Gasteiger partial charge in [-0.15, -0.1) is 11.8 Å². The Labute approximate surface area is 98.0 Å². The summed E-state index contributed by atoms with van der Waals surface area (Å²) >= 11 is 13.3. The molecule has 0 N–H and O–H groups in total. The molecule has 0 saturated carbocycles. The molecule has 0 spiro atoms. The molecule has 0 aromatic heterocycles. The molecule has 0 heterocycles. The van der Waals surface area contributed by atoms with Gasteiger partial charge in [-0.1, -0.05) is 30.1 Å². The molecule has 1 unspecified atom stereocenters. The van der Waals surface area contributed by atoms with Crippen molar-refractivity contribution in [2.75, 3.05) is 0 Å². The van der Waals surface area contributed by atoms with Crippen LogP contribution in [0, 0.1) is 11.3 Å². The minimum atomic E-state index is 0.275. The van der Waals surface area contributed by atoms with Gasteiger partial charge in [0.05, 0.1) is 16.1 Å². The highest BCUT2D eigenvalue weighted by Gasteiger charge is 2.05. The summed E-state index contributed by atoms with van der Waals surface area (Å²) in [6, 6.07) is 7.63. The number of halogens is 2. The predicted molar refractivity (Wildman–Crippen MR) is 62.0 cm³/mol. The van der Waals surface area contributed by atoms with Crippen LogP contribution >= 0.6 is 35.0 Å². The lowest BCUT2D eigenvalue weighted by Gasteiger charge is -2.07. The van der Waals surface area contributed by atoms with Crippen molar-refractivity contribution in [2.24, 2.45) is 0 Å². The van der Waals surface area contributed by atoms with Crippen LogP contribution < -0.4 is 0 Å². The summed E-state index contributed by atoms with van der Waals surface area (Å²) in [5, 5.41) is 9.89. The molecule has 0 bridgehead atoms. The monoisotopic (exact) mass is 245 g/mol. The molecule has 0 fully saturated rings. The maximum Gasteiger partial charge on any atom is 0.0633 e. The van der Waals surface area contributed by atoms with Crippen molar-refractivity contribution in [1.29, 1.82) is 5.26 Å². The highest BCUT2D eigenvalue weighted by molar-refractivity contribution is 8.00. The summed E-state index contributed by atoms with van der Waals surface area (Å²) in [6.07, 6.45) is 0.533. The maximum atomic E-state index is 8.50. The van der Waals surface area contributed by atoms with E-state index < -0.39 is 0 Å². The van der Waals surface area contributed by atoms with Gasteiger partial charge in [-0.25, -0.2) is 0 Å². The van der Waals surface area contributed by atoms with Crippen molar-refractivity contribution >= 4 is 35.0 Å². The lowest BCUT2D eigenvalue weighted by molar-refractivity contribution is 0.989. The molecule has 0 radical (unpaired) electrons. The fourth-order valence-electron chi connectivity index (χ4n) is 0.953. The molecule has 4 heteroatoms. The smallest absolute Gasteiger partial charge is 0.0633 e. The van der Waals surface area contributed by atoms with Crippen LogP contribution in [0.2, 0.25) is 10.0 Å². The SMILES string of the molecule is CC(CC#N)Sc1ccc(Cl)c(Cl)c1. The van der Waals surface area contributed by atoms with Gasteiger partial charge in [0.1, 0.15) is 0 Å². The van der Waals surface area contributed by atoms with Gasteiger partial charge in [0.15, 0.2) is 0 Å². The molecule has 1 aromatic rings. The lowest BCUT2D eigenvalue weighted by Crippen LogP contribution is -1.92. The van der Waals surface area contributed by atoms with Gasteiger partial charge in [-0.2, -0.15) is 5.26 Å². The van der Waals surface area contributed by atoms with Gasteiger partial charge in [0.2, 0.25) is 0 Å². The normalized spacial score (nSPS) is 12.1. The number of thioether (sulfide) groups is 1. The van der Waals surface area contributed by atoms with Crippen molar-refractivity contribution in [1.82, 2.24) is 0 Å². The summed E-state index contributed by atoms with van der Waals surface area (Å²) in [5.74, 6) is 0. The van der Waals surface area contributed by atoms with Crippen LogP contribution in [0.1, 0.15) is 13.3 Å². The molecule has 1 nitrogen and oxygen atoms in total. The minimum absolute atomic E-state index is 0.275. The summed E-state index contributed by atoms with van der Waals surface area (Å²) in [4.78, 5) is 1.04. The molecule has 1 aromatic carbocycles. The first-order valence-corrected chi connectivity index (χ1v) is 5.75. The van der Waals surface area contributed by atoms with Crippen LogP contribution in [0.4, 0.5) is 0 Å². The first-order valence-electron chi connectivity index (χ1n) is 4.12. The predicted octanol–water partition coefficient (Wildman–Crippen LogP) is 4.39. The Hall–Kier alpha value is -0.360. The third kappa shape index (κ3) is 3.42. The Morgan fingerprint density at radius 1 is 1.43 bits per heavy atom. The number of benzene rings is 1. The van der Waals surface area contributed by atoms with Crippen LogP contribution in [0.25, 0.3) is 0 Å². The van der Waals surface area contributed by atoms with E-state index in [1.54, 1.807) is 17.8 Å². The van der Waals surface area contributed by atoms with Gasteiger partial charge in [0.25, 0.3) is 0 Å². The summed E-state index contributed by atoms with van der Waals surface area (Å²) in [7, 11) is 0. The van der Waals surface area contributed by atoms with E-state index >= 15 is 0 Å². The Kier molecular flexibility index (Phi) is 4.60. The summed E-state index contributed by atoms with van der Waals surface area (Å²) < 4.78 is 0. The second kappa shape index (κ2) is 5.50. The average Bonchev–Trinajstić information content (AvgIpc) is 2.12. The van der Waals surface area contributed by atoms with Gasteiger partial charge in [-0.05, 0) is 18.2 Å². The Balaban J connectivity index is 2.69. The van der Waals surface area contributed by atoms with Crippen LogP contribution in [0.5, 0.6) is 0 Å². The van der Waals surface area contributed by atoms with Gasteiger partial charge in [-0.3, -0.25) is 0 Å². The summed E-state index contributed by atoms with van der Waals surface area (Å²) in [6.45, 7) is 2.01. The van der Waals surface area contributed by atoms with Crippen LogP contribution in [0.3, 0.4) is 0 Å². The van der Waals surface area contributed by atoms with E-state index in [1.807, 2.05) is 19.1 Å². The number of nitriles is 1. The molecule has 14 heavy (non-hydrogen) atoms. The lowest BCUT2D eigenvalue weighted by atomic mass is 10.3. The molecule has 0 amide bonds. The topological polar surface area (TPSA) is 23.8 Å². The summed E-state index contributed by atoms with van der Waals surface area (Å²) in [5.41, 5.74) is 0. The Morgan fingerprint density at radius 3 is 2.71 bits per heavy atom. The zero-order valence-electron chi connectivity index (χ0n) is 7.63. The quantitative estimate of drug-likeness (QED) is 0.738. The van der Waals surface area contributed by atoms with Crippen molar-refractivity contribution < 1.29 is 0 Å². The van der Waals surface area contributed by atoms with E-state index in [9.17, 15) is 0 Å². The number of hydrogen-bond donors (Lipinski definition) is 0. The molecular formula is C10H9Cl2NS. The second-order valence-corrected chi connectivity index (χ2v) is 5.19. The van der Waals surface area contributed by atoms with Crippen LogP contribution in [0.15, 0.2) is 23.1 Å². The maximum absolute atomic E-state index is 8.50. The average molecular weight is 246 g/mol. The van der Waals surface area contributed by atoms with Crippen molar-refractivity contribution in [3.05, 3.63) is 28.2 Å². The molecule has 0 aliphatic rings. The van der Waals surface area contributed by atoms with Gasteiger partial charge in [0, 0.05) is 16.6 Å². The highest BCUT2D eigenvalue weighted by Crippen LogP contribution is 2.30. The zero-order chi connectivity index (χ0) is 10.6.